The Hall–Kier alpha value is -1.04. The summed E-state index contributed by atoms with van der Waals surface area (Å²) in [5, 5.41) is 0.649. The number of hydrogen-bond donors (Lipinski definition) is 0. The SMILES string of the molecule is COC(=O)c1cc(Br)c(OCc2ccccc2Cl)c(Br)c1. The fourth-order valence-electron chi connectivity index (χ4n) is 1.70. The zero-order valence-corrected chi connectivity index (χ0v) is 15.0. The molecule has 110 valence electrons. The molecule has 0 saturated carbocycles. The Balaban J connectivity index is 2.21. The lowest BCUT2D eigenvalue weighted by atomic mass is 10.2. The fourth-order valence-corrected chi connectivity index (χ4v) is 3.30. The van der Waals surface area contributed by atoms with Gasteiger partial charge in [-0.15, -0.1) is 0 Å². The van der Waals surface area contributed by atoms with E-state index in [2.05, 4.69) is 31.9 Å². The number of esters is 1. The van der Waals surface area contributed by atoms with Gasteiger partial charge in [0, 0.05) is 10.6 Å². The van der Waals surface area contributed by atoms with Gasteiger partial charge in [-0.2, -0.15) is 0 Å². The van der Waals surface area contributed by atoms with E-state index in [1.807, 2.05) is 24.3 Å². The summed E-state index contributed by atoms with van der Waals surface area (Å²) >= 11 is 12.9. The van der Waals surface area contributed by atoms with E-state index >= 15 is 0 Å². The van der Waals surface area contributed by atoms with Gasteiger partial charge in [-0.3, -0.25) is 0 Å². The Morgan fingerprint density at radius 3 is 2.38 bits per heavy atom. The van der Waals surface area contributed by atoms with Crippen molar-refractivity contribution in [3.05, 3.63) is 61.5 Å². The minimum Gasteiger partial charge on any atom is -0.486 e. The van der Waals surface area contributed by atoms with E-state index in [-0.39, 0.29) is 0 Å². The summed E-state index contributed by atoms with van der Waals surface area (Å²) in [5.41, 5.74) is 1.32. The first-order chi connectivity index (χ1) is 10.0. The molecule has 0 radical (unpaired) electrons. The van der Waals surface area contributed by atoms with Gasteiger partial charge in [0.2, 0.25) is 0 Å². The number of carbonyl (C=O) groups excluding carboxylic acids is 1. The van der Waals surface area contributed by atoms with Crippen molar-refractivity contribution >= 4 is 49.4 Å². The normalized spacial score (nSPS) is 10.3. The molecule has 0 fully saturated rings. The summed E-state index contributed by atoms with van der Waals surface area (Å²) in [6, 6.07) is 10.8. The maximum atomic E-state index is 11.5. The van der Waals surface area contributed by atoms with Crippen LogP contribution in [0.1, 0.15) is 15.9 Å². The minimum absolute atomic E-state index is 0.328. The van der Waals surface area contributed by atoms with Crippen LogP contribution in [-0.4, -0.2) is 13.1 Å². The fraction of sp³-hybridized carbons (Fsp3) is 0.133. The standard InChI is InChI=1S/C15H11Br2ClO3/c1-20-15(19)10-6-11(16)14(12(17)7-10)21-8-9-4-2-3-5-13(9)18/h2-7H,8H2,1H3. The van der Waals surface area contributed by atoms with Gasteiger partial charge in [0.15, 0.2) is 0 Å². The molecule has 0 spiro atoms. The van der Waals surface area contributed by atoms with Gasteiger partial charge < -0.3 is 9.47 Å². The van der Waals surface area contributed by atoms with Crippen LogP contribution >= 0.6 is 43.5 Å². The third-order valence-electron chi connectivity index (χ3n) is 2.75. The lowest BCUT2D eigenvalue weighted by Gasteiger charge is -2.12. The third-order valence-corrected chi connectivity index (χ3v) is 4.30. The van der Waals surface area contributed by atoms with Crippen molar-refractivity contribution in [1.82, 2.24) is 0 Å². The Labute approximate surface area is 144 Å². The first kappa shape index (κ1) is 16.3. The Morgan fingerprint density at radius 2 is 1.81 bits per heavy atom. The maximum Gasteiger partial charge on any atom is 0.337 e. The van der Waals surface area contributed by atoms with Gasteiger partial charge in [0.25, 0.3) is 0 Å². The van der Waals surface area contributed by atoms with E-state index in [0.717, 1.165) is 5.56 Å². The van der Waals surface area contributed by atoms with Crippen molar-refractivity contribution in [3.63, 3.8) is 0 Å². The quantitative estimate of drug-likeness (QED) is 0.618. The molecule has 0 unspecified atom stereocenters. The van der Waals surface area contributed by atoms with Crippen LogP contribution in [0, 0.1) is 0 Å². The van der Waals surface area contributed by atoms with E-state index in [9.17, 15) is 4.79 Å². The highest BCUT2D eigenvalue weighted by Crippen LogP contribution is 2.35. The lowest BCUT2D eigenvalue weighted by molar-refractivity contribution is 0.0600. The topological polar surface area (TPSA) is 35.5 Å². The molecule has 0 bridgehead atoms. The number of rotatable bonds is 4. The predicted molar refractivity (Wildman–Crippen MR) is 89.0 cm³/mol. The molecule has 2 aromatic rings. The first-order valence-electron chi connectivity index (χ1n) is 5.96. The molecule has 2 rings (SSSR count). The molecule has 2 aromatic carbocycles. The van der Waals surface area contributed by atoms with Gasteiger partial charge >= 0.3 is 5.97 Å². The lowest BCUT2D eigenvalue weighted by Crippen LogP contribution is -2.03. The van der Waals surface area contributed by atoms with Crippen molar-refractivity contribution in [2.75, 3.05) is 7.11 Å². The van der Waals surface area contributed by atoms with Gasteiger partial charge in [-0.1, -0.05) is 29.8 Å². The highest BCUT2D eigenvalue weighted by molar-refractivity contribution is 9.11. The number of hydrogen-bond acceptors (Lipinski definition) is 3. The van der Waals surface area contributed by atoms with Crippen molar-refractivity contribution in [2.45, 2.75) is 6.61 Å². The maximum absolute atomic E-state index is 11.5. The average Bonchev–Trinajstić information content (AvgIpc) is 2.47. The summed E-state index contributed by atoms with van der Waals surface area (Å²) in [7, 11) is 1.34. The smallest absolute Gasteiger partial charge is 0.337 e. The van der Waals surface area contributed by atoms with Crippen LogP contribution in [0.2, 0.25) is 5.02 Å². The second-order valence-corrected chi connectivity index (χ2v) is 6.26. The van der Waals surface area contributed by atoms with Crippen LogP contribution < -0.4 is 4.74 Å². The molecule has 0 aliphatic carbocycles. The molecule has 0 aliphatic heterocycles. The Bertz CT molecular complexity index is 651. The second-order valence-electron chi connectivity index (χ2n) is 4.14. The number of carbonyl (C=O) groups is 1. The van der Waals surface area contributed by atoms with Crippen molar-refractivity contribution in [1.29, 1.82) is 0 Å². The highest BCUT2D eigenvalue weighted by Gasteiger charge is 2.14. The molecular weight excluding hydrogens is 423 g/mol. The van der Waals surface area contributed by atoms with Crippen LogP contribution in [0.5, 0.6) is 5.75 Å². The molecule has 0 saturated heterocycles. The Morgan fingerprint density at radius 1 is 1.19 bits per heavy atom. The van der Waals surface area contributed by atoms with Gasteiger partial charge in [0.1, 0.15) is 12.4 Å². The van der Waals surface area contributed by atoms with Gasteiger partial charge in [-0.05, 0) is 50.1 Å². The first-order valence-corrected chi connectivity index (χ1v) is 7.93. The molecule has 3 nitrogen and oxygen atoms in total. The molecule has 0 amide bonds. The van der Waals surface area contributed by atoms with Gasteiger partial charge in [-0.25, -0.2) is 4.79 Å². The number of benzene rings is 2. The van der Waals surface area contributed by atoms with Crippen LogP contribution in [0.4, 0.5) is 0 Å². The number of methoxy groups -OCH3 is 1. The van der Waals surface area contributed by atoms with Crippen LogP contribution in [0.15, 0.2) is 45.3 Å². The van der Waals surface area contributed by atoms with Crippen LogP contribution in [-0.2, 0) is 11.3 Å². The molecule has 0 atom stereocenters. The molecule has 21 heavy (non-hydrogen) atoms. The predicted octanol–water partition coefficient (Wildman–Crippen LogP) is 5.23. The summed E-state index contributed by atoms with van der Waals surface area (Å²) in [6.45, 7) is 0.328. The van der Waals surface area contributed by atoms with Gasteiger partial charge in [0.05, 0.1) is 21.6 Å². The summed E-state index contributed by atoms with van der Waals surface area (Å²) in [5.74, 6) is 0.191. The van der Waals surface area contributed by atoms with Crippen molar-refractivity contribution < 1.29 is 14.3 Å². The summed E-state index contributed by atoms with van der Waals surface area (Å²) in [6.07, 6.45) is 0. The minimum atomic E-state index is -0.408. The molecule has 6 heteroatoms. The number of halogens is 3. The highest BCUT2D eigenvalue weighted by atomic mass is 79.9. The zero-order valence-electron chi connectivity index (χ0n) is 11.0. The third kappa shape index (κ3) is 3.99. The molecule has 0 aliphatic rings. The monoisotopic (exact) mass is 432 g/mol. The van der Waals surface area contributed by atoms with Crippen LogP contribution in [0.3, 0.4) is 0 Å². The van der Waals surface area contributed by atoms with E-state index in [0.29, 0.717) is 31.9 Å². The zero-order chi connectivity index (χ0) is 15.4. The largest absolute Gasteiger partial charge is 0.486 e. The average molecular weight is 435 g/mol. The van der Waals surface area contributed by atoms with Crippen molar-refractivity contribution in [2.24, 2.45) is 0 Å². The van der Waals surface area contributed by atoms with E-state index in [1.54, 1.807) is 12.1 Å². The summed E-state index contributed by atoms with van der Waals surface area (Å²) in [4.78, 5) is 11.5. The molecular formula is C15H11Br2ClO3. The van der Waals surface area contributed by atoms with E-state index in [4.69, 9.17) is 21.1 Å². The molecule has 0 heterocycles. The molecule has 0 aromatic heterocycles. The second kappa shape index (κ2) is 7.29. The van der Waals surface area contributed by atoms with Crippen molar-refractivity contribution in [3.8, 4) is 5.75 Å². The Kier molecular flexibility index (Phi) is 5.67. The summed E-state index contributed by atoms with van der Waals surface area (Å²) < 4.78 is 11.8. The van der Waals surface area contributed by atoms with Crippen LogP contribution in [0.25, 0.3) is 0 Å². The van der Waals surface area contributed by atoms with E-state index < -0.39 is 5.97 Å². The number of ether oxygens (including phenoxy) is 2. The van der Waals surface area contributed by atoms with E-state index in [1.165, 1.54) is 7.11 Å². The molecule has 0 N–H and O–H groups in total.